The Labute approximate surface area is 137 Å². The number of benzene rings is 1. The SMILES string of the molecule is CCCc1ncccc1-c1nc(-c2ccc(Br)cc2)cs1. The van der Waals surface area contributed by atoms with Crippen LogP contribution in [-0.2, 0) is 6.42 Å². The summed E-state index contributed by atoms with van der Waals surface area (Å²) in [6.45, 7) is 2.17. The van der Waals surface area contributed by atoms with E-state index >= 15 is 0 Å². The first-order chi connectivity index (χ1) is 10.3. The van der Waals surface area contributed by atoms with Crippen molar-refractivity contribution < 1.29 is 0 Å². The van der Waals surface area contributed by atoms with Crippen molar-refractivity contribution in [2.75, 3.05) is 0 Å². The first kappa shape index (κ1) is 14.4. The van der Waals surface area contributed by atoms with Crippen molar-refractivity contribution in [2.45, 2.75) is 19.8 Å². The van der Waals surface area contributed by atoms with Crippen molar-refractivity contribution in [3.63, 3.8) is 0 Å². The molecular formula is C17H15BrN2S. The fourth-order valence-corrected chi connectivity index (χ4v) is 3.36. The average molecular weight is 359 g/mol. The van der Waals surface area contributed by atoms with E-state index in [2.05, 4.69) is 51.4 Å². The van der Waals surface area contributed by atoms with Gasteiger partial charge in [-0.05, 0) is 30.7 Å². The molecule has 0 fully saturated rings. The summed E-state index contributed by atoms with van der Waals surface area (Å²) < 4.78 is 1.08. The Balaban J connectivity index is 1.97. The Kier molecular flexibility index (Phi) is 4.46. The standard InChI is InChI=1S/C17H15BrN2S/c1-2-4-15-14(5-3-10-19-15)17-20-16(11-21-17)12-6-8-13(18)9-7-12/h3,5-11H,2,4H2,1H3. The van der Waals surface area contributed by atoms with Crippen molar-refractivity contribution in [3.05, 3.63) is 58.1 Å². The Morgan fingerprint density at radius 2 is 1.95 bits per heavy atom. The molecular weight excluding hydrogens is 344 g/mol. The highest BCUT2D eigenvalue weighted by Gasteiger charge is 2.10. The first-order valence-electron chi connectivity index (χ1n) is 6.93. The average Bonchev–Trinajstić information content (AvgIpc) is 2.99. The highest BCUT2D eigenvalue weighted by molar-refractivity contribution is 9.10. The van der Waals surface area contributed by atoms with E-state index in [1.807, 2.05) is 24.4 Å². The van der Waals surface area contributed by atoms with E-state index in [0.29, 0.717) is 0 Å². The summed E-state index contributed by atoms with van der Waals surface area (Å²) in [4.78, 5) is 9.29. The number of rotatable bonds is 4. The molecule has 0 aliphatic rings. The van der Waals surface area contributed by atoms with E-state index in [-0.39, 0.29) is 0 Å². The van der Waals surface area contributed by atoms with Crippen LogP contribution in [0.3, 0.4) is 0 Å². The van der Waals surface area contributed by atoms with E-state index in [4.69, 9.17) is 4.98 Å². The van der Waals surface area contributed by atoms with Gasteiger partial charge in [0.1, 0.15) is 5.01 Å². The monoisotopic (exact) mass is 358 g/mol. The lowest BCUT2D eigenvalue weighted by Crippen LogP contribution is -1.92. The predicted octanol–water partition coefficient (Wildman–Crippen LogP) is 5.59. The van der Waals surface area contributed by atoms with Gasteiger partial charge in [0.25, 0.3) is 0 Å². The van der Waals surface area contributed by atoms with Crippen molar-refractivity contribution in [1.82, 2.24) is 9.97 Å². The van der Waals surface area contributed by atoms with E-state index in [1.165, 1.54) is 0 Å². The van der Waals surface area contributed by atoms with Gasteiger partial charge in [0.05, 0.1) is 11.4 Å². The Bertz CT molecular complexity index is 735. The number of aryl methyl sites for hydroxylation is 1. The summed E-state index contributed by atoms with van der Waals surface area (Å²) in [6, 6.07) is 12.3. The second-order valence-corrected chi connectivity index (χ2v) is 6.57. The molecule has 2 heterocycles. The molecule has 0 atom stereocenters. The third-order valence-electron chi connectivity index (χ3n) is 3.25. The molecule has 0 bridgehead atoms. The van der Waals surface area contributed by atoms with Crippen molar-refractivity contribution in [3.8, 4) is 21.8 Å². The number of hydrogen-bond donors (Lipinski definition) is 0. The normalized spacial score (nSPS) is 10.8. The van der Waals surface area contributed by atoms with Gasteiger partial charge in [0.15, 0.2) is 0 Å². The molecule has 0 unspecified atom stereocenters. The third kappa shape index (κ3) is 3.22. The van der Waals surface area contributed by atoms with Gasteiger partial charge in [-0.2, -0.15) is 0 Å². The molecule has 1 aromatic carbocycles. The van der Waals surface area contributed by atoms with Crippen LogP contribution in [0.5, 0.6) is 0 Å². The molecule has 3 rings (SSSR count). The minimum absolute atomic E-state index is 0.989. The molecule has 0 spiro atoms. The van der Waals surface area contributed by atoms with E-state index < -0.39 is 0 Å². The number of halogens is 1. The fraction of sp³-hybridized carbons (Fsp3) is 0.176. The second kappa shape index (κ2) is 6.50. The molecule has 3 aromatic rings. The maximum Gasteiger partial charge on any atom is 0.125 e. The van der Waals surface area contributed by atoms with Gasteiger partial charge in [0.2, 0.25) is 0 Å². The lowest BCUT2D eigenvalue weighted by Gasteiger charge is -2.04. The number of nitrogens with zero attached hydrogens (tertiary/aromatic N) is 2. The molecule has 0 saturated heterocycles. The van der Waals surface area contributed by atoms with Crippen LogP contribution in [0, 0.1) is 0 Å². The molecule has 0 aliphatic carbocycles. The maximum absolute atomic E-state index is 4.79. The molecule has 4 heteroatoms. The lowest BCUT2D eigenvalue weighted by atomic mass is 10.1. The molecule has 2 aromatic heterocycles. The topological polar surface area (TPSA) is 25.8 Å². The number of thiazole rings is 1. The summed E-state index contributed by atoms with van der Waals surface area (Å²) in [5, 5.41) is 3.16. The third-order valence-corrected chi connectivity index (χ3v) is 4.66. The van der Waals surface area contributed by atoms with Crippen molar-refractivity contribution in [2.24, 2.45) is 0 Å². The Hall–Kier alpha value is -1.52. The molecule has 21 heavy (non-hydrogen) atoms. The smallest absolute Gasteiger partial charge is 0.125 e. The van der Waals surface area contributed by atoms with Crippen molar-refractivity contribution in [1.29, 1.82) is 0 Å². The van der Waals surface area contributed by atoms with Gasteiger partial charge in [-0.25, -0.2) is 4.98 Å². The van der Waals surface area contributed by atoms with Gasteiger partial charge < -0.3 is 0 Å². The number of pyridine rings is 1. The minimum Gasteiger partial charge on any atom is -0.261 e. The van der Waals surface area contributed by atoms with Crippen LogP contribution in [0.15, 0.2) is 52.4 Å². The maximum atomic E-state index is 4.79. The largest absolute Gasteiger partial charge is 0.261 e. The lowest BCUT2D eigenvalue weighted by molar-refractivity contribution is 0.885. The zero-order valence-electron chi connectivity index (χ0n) is 11.7. The summed E-state index contributed by atoms with van der Waals surface area (Å²) in [6.07, 6.45) is 3.94. The summed E-state index contributed by atoms with van der Waals surface area (Å²) in [7, 11) is 0. The fourth-order valence-electron chi connectivity index (χ4n) is 2.22. The summed E-state index contributed by atoms with van der Waals surface area (Å²) in [5.41, 5.74) is 4.46. The van der Waals surface area contributed by atoms with Crippen LogP contribution in [0.1, 0.15) is 19.0 Å². The van der Waals surface area contributed by atoms with Crippen LogP contribution in [0.2, 0.25) is 0 Å². The van der Waals surface area contributed by atoms with E-state index in [0.717, 1.165) is 44.8 Å². The predicted molar refractivity (Wildman–Crippen MR) is 92.5 cm³/mol. The van der Waals surface area contributed by atoms with Gasteiger partial charge in [-0.1, -0.05) is 41.4 Å². The Morgan fingerprint density at radius 1 is 1.14 bits per heavy atom. The van der Waals surface area contributed by atoms with Gasteiger partial charge >= 0.3 is 0 Å². The first-order valence-corrected chi connectivity index (χ1v) is 8.61. The quantitative estimate of drug-likeness (QED) is 0.607. The highest BCUT2D eigenvalue weighted by Crippen LogP contribution is 2.31. The van der Waals surface area contributed by atoms with Crippen LogP contribution < -0.4 is 0 Å². The van der Waals surface area contributed by atoms with E-state index in [1.54, 1.807) is 11.3 Å². The molecule has 2 nitrogen and oxygen atoms in total. The molecule has 0 radical (unpaired) electrons. The zero-order chi connectivity index (χ0) is 14.7. The number of hydrogen-bond acceptors (Lipinski definition) is 3. The Morgan fingerprint density at radius 3 is 2.71 bits per heavy atom. The molecule has 0 amide bonds. The summed E-state index contributed by atoms with van der Waals surface area (Å²) in [5.74, 6) is 0. The van der Waals surface area contributed by atoms with E-state index in [9.17, 15) is 0 Å². The minimum atomic E-state index is 0.989. The molecule has 0 saturated carbocycles. The van der Waals surface area contributed by atoms with Crippen LogP contribution in [-0.4, -0.2) is 9.97 Å². The zero-order valence-corrected chi connectivity index (χ0v) is 14.1. The van der Waals surface area contributed by atoms with Gasteiger partial charge in [-0.3, -0.25) is 4.98 Å². The van der Waals surface area contributed by atoms with Gasteiger partial charge in [0, 0.05) is 27.2 Å². The molecule has 0 aliphatic heterocycles. The van der Waals surface area contributed by atoms with Crippen LogP contribution >= 0.6 is 27.3 Å². The number of aromatic nitrogens is 2. The second-order valence-electron chi connectivity index (χ2n) is 4.79. The van der Waals surface area contributed by atoms with Gasteiger partial charge in [-0.15, -0.1) is 11.3 Å². The highest BCUT2D eigenvalue weighted by atomic mass is 79.9. The van der Waals surface area contributed by atoms with Crippen LogP contribution in [0.4, 0.5) is 0 Å². The molecule has 106 valence electrons. The summed E-state index contributed by atoms with van der Waals surface area (Å²) >= 11 is 5.14. The molecule has 0 N–H and O–H groups in total. The van der Waals surface area contributed by atoms with Crippen molar-refractivity contribution >= 4 is 27.3 Å². The van der Waals surface area contributed by atoms with Crippen LogP contribution in [0.25, 0.3) is 21.8 Å².